The maximum Gasteiger partial charge on any atom is 0.0705 e. The molecule has 2 atom stereocenters. The summed E-state index contributed by atoms with van der Waals surface area (Å²) in [5.41, 5.74) is 3.69. The van der Waals surface area contributed by atoms with Gasteiger partial charge in [-0.2, -0.15) is 0 Å². The molecule has 0 spiro atoms. The second kappa shape index (κ2) is 5.92. The summed E-state index contributed by atoms with van der Waals surface area (Å²) in [7, 11) is 0. The van der Waals surface area contributed by atoms with Gasteiger partial charge in [0, 0.05) is 17.1 Å². The minimum atomic E-state index is 0.658. The Kier molecular flexibility index (Phi) is 4.02. The van der Waals surface area contributed by atoms with Gasteiger partial charge in [0.15, 0.2) is 0 Å². The van der Waals surface area contributed by atoms with Crippen LogP contribution in [0.2, 0.25) is 0 Å². The SMILES string of the molecule is CCCNC1CCCC1c1ccc2nc(C)ccc2c1. The van der Waals surface area contributed by atoms with E-state index < -0.39 is 0 Å². The molecule has 0 radical (unpaired) electrons. The molecule has 2 unspecified atom stereocenters. The summed E-state index contributed by atoms with van der Waals surface area (Å²) in [5.74, 6) is 0.673. The monoisotopic (exact) mass is 268 g/mol. The molecule has 1 fully saturated rings. The van der Waals surface area contributed by atoms with Crippen molar-refractivity contribution in [3.05, 3.63) is 41.6 Å². The van der Waals surface area contributed by atoms with Crippen LogP contribution in [-0.4, -0.2) is 17.6 Å². The maximum atomic E-state index is 4.60. The van der Waals surface area contributed by atoms with Crippen molar-refractivity contribution in [3.8, 4) is 0 Å². The predicted molar refractivity (Wildman–Crippen MR) is 85.2 cm³/mol. The van der Waals surface area contributed by atoms with E-state index in [1.54, 1.807) is 0 Å². The zero-order valence-electron chi connectivity index (χ0n) is 12.5. The summed E-state index contributed by atoms with van der Waals surface area (Å²) < 4.78 is 0. The van der Waals surface area contributed by atoms with Crippen LogP contribution in [0.4, 0.5) is 0 Å². The van der Waals surface area contributed by atoms with E-state index in [-0.39, 0.29) is 0 Å². The van der Waals surface area contributed by atoms with E-state index in [1.807, 2.05) is 0 Å². The Balaban J connectivity index is 1.87. The fourth-order valence-corrected chi connectivity index (χ4v) is 3.41. The molecule has 2 aromatic rings. The smallest absolute Gasteiger partial charge is 0.0705 e. The van der Waals surface area contributed by atoms with Crippen LogP contribution in [-0.2, 0) is 0 Å². The summed E-state index contributed by atoms with van der Waals surface area (Å²) in [6.07, 6.45) is 5.18. The lowest BCUT2D eigenvalue weighted by Crippen LogP contribution is -2.31. The molecular weight excluding hydrogens is 244 g/mol. The van der Waals surface area contributed by atoms with Crippen molar-refractivity contribution < 1.29 is 0 Å². The first-order chi connectivity index (χ1) is 9.78. The molecule has 20 heavy (non-hydrogen) atoms. The Labute approximate surface area is 121 Å². The summed E-state index contributed by atoms with van der Waals surface area (Å²) in [6.45, 7) is 5.42. The second-order valence-corrected chi connectivity index (χ2v) is 6.00. The lowest BCUT2D eigenvalue weighted by atomic mass is 9.92. The molecule has 3 rings (SSSR count). The molecule has 1 heterocycles. The van der Waals surface area contributed by atoms with E-state index in [9.17, 15) is 0 Å². The predicted octanol–water partition coefficient (Wildman–Crippen LogP) is 4.18. The van der Waals surface area contributed by atoms with Gasteiger partial charge in [-0.1, -0.05) is 25.5 Å². The Hall–Kier alpha value is -1.41. The van der Waals surface area contributed by atoms with E-state index in [0.29, 0.717) is 12.0 Å². The Morgan fingerprint density at radius 3 is 2.95 bits per heavy atom. The lowest BCUT2D eigenvalue weighted by Gasteiger charge is -2.21. The van der Waals surface area contributed by atoms with Crippen molar-refractivity contribution in [2.45, 2.75) is 51.5 Å². The first kappa shape index (κ1) is 13.6. The number of nitrogens with one attached hydrogen (secondary N) is 1. The van der Waals surface area contributed by atoms with Crippen LogP contribution in [0.1, 0.15) is 49.8 Å². The number of hydrogen-bond acceptors (Lipinski definition) is 2. The molecule has 1 aliphatic carbocycles. The van der Waals surface area contributed by atoms with Gasteiger partial charge >= 0.3 is 0 Å². The number of benzene rings is 1. The number of pyridine rings is 1. The fourth-order valence-electron chi connectivity index (χ4n) is 3.41. The minimum Gasteiger partial charge on any atom is -0.313 e. The van der Waals surface area contributed by atoms with Crippen LogP contribution in [0.15, 0.2) is 30.3 Å². The van der Waals surface area contributed by atoms with Crippen LogP contribution in [0.3, 0.4) is 0 Å². The van der Waals surface area contributed by atoms with Gasteiger partial charge in [-0.15, -0.1) is 0 Å². The quantitative estimate of drug-likeness (QED) is 0.900. The molecule has 2 heteroatoms. The molecule has 1 aromatic carbocycles. The van der Waals surface area contributed by atoms with Crippen LogP contribution < -0.4 is 5.32 Å². The van der Waals surface area contributed by atoms with Gasteiger partial charge < -0.3 is 5.32 Å². The third kappa shape index (κ3) is 2.71. The Morgan fingerprint density at radius 1 is 1.20 bits per heavy atom. The van der Waals surface area contributed by atoms with Crippen LogP contribution in [0.25, 0.3) is 10.9 Å². The number of fused-ring (bicyclic) bond motifs is 1. The summed E-state index contributed by atoms with van der Waals surface area (Å²) in [5, 5.41) is 4.99. The average molecular weight is 268 g/mol. The highest BCUT2D eigenvalue weighted by Crippen LogP contribution is 2.35. The van der Waals surface area contributed by atoms with Gasteiger partial charge in [-0.05, 0) is 62.4 Å². The first-order valence-corrected chi connectivity index (χ1v) is 7.88. The van der Waals surface area contributed by atoms with Crippen molar-refractivity contribution in [2.24, 2.45) is 0 Å². The first-order valence-electron chi connectivity index (χ1n) is 7.88. The molecule has 0 bridgehead atoms. The summed E-state index contributed by atoms with van der Waals surface area (Å²) in [6, 6.07) is 11.8. The van der Waals surface area contributed by atoms with Gasteiger partial charge in [0.2, 0.25) is 0 Å². The van der Waals surface area contributed by atoms with Crippen molar-refractivity contribution >= 4 is 10.9 Å². The van der Waals surface area contributed by atoms with Crippen molar-refractivity contribution in [1.82, 2.24) is 10.3 Å². The molecule has 106 valence electrons. The van der Waals surface area contributed by atoms with Crippen molar-refractivity contribution in [3.63, 3.8) is 0 Å². The standard InChI is InChI=1S/C18H24N2/c1-3-11-19-18-6-4-5-16(18)14-9-10-17-15(12-14)8-7-13(2)20-17/h7-10,12,16,18-19H,3-6,11H2,1-2H3. The minimum absolute atomic E-state index is 0.658. The number of hydrogen-bond donors (Lipinski definition) is 1. The van der Waals surface area contributed by atoms with Crippen molar-refractivity contribution in [1.29, 1.82) is 0 Å². The molecule has 1 aromatic heterocycles. The Bertz CT molecular complexity index is 591. The highest BCUT2D eigenvalue weighted by Gasteiger charge is 2.27. The number of aryl methyl sites for hydroxylation is 1. The molecule has 0 saturated heterocycles. The van der Waals surface area contributed by atoms with Crippen LogP contribution in [0.5, 0.6) is 0 Å². The Morgan fingerprint density at radius 2 is 2.10 bits per heavy atom. The highest BCUT2D eigenvalue weighted by atomic mass is 14.9. The zero-order valence-corrected chi connectivity index (χ0v) is 12.5. The zero-order chi connectivity index (χ0) is 13.9. The summed E-state index contributed by atoms with van der Waals surface area (Å²) in [4.78, 5) is 4.60. The number of nitrogens with zero attached hydrogens (tertiary/aromatic N) is 1. The van der Waals surface area contributed by atoms with Crippen LogP contribution >= 0.6 is 0 Å². The van der Waals surface area contributed by atoms with Gasteiger partial charge in [-0.3, -0.25) is 4.98 Å². The topological polar surface area (TPSA) is 24.9 Å². The molecule has 1 aliphatic rings. The normalized spacial score (nSPS) is 22.5. The maximum absolute atomic E-state index is 4.60. The van der Waals surface area contributed by atoms with Gasteiger partial charge in [0.05, 0.1) is 5.52 Å². The molecule has 1 N–H and O–H groups in total. The average Bonchev–Trinajstić information content (AvgIpc) is 2.93. The number of aromatic nitrogens is 1. The third-order valence-corrected chi connectivity index (χ3v) is 4.45. The van der Waals surface area contributed by atoms with Crippen molar-refractivity contribution in [2.75, 3.05) is 6.54 Å². The molecule has 0 amide bonds. The number of rotatable bonds is 4. The van der Waals surface area contributed by atoms with E-state index in [2.05, 4.69) is 54.5 Å². The molecule has 2 nitrogen and oxygen atoms in total. The van der Waals surface area contributed by atoms with E-state index >= 15 is 0 Å². The van der Waals surface area contributed by atoms with E-state index in [0.717, 1.165) is 17.8 Å². The molecule has 0 aliphatic heterocycles. The van der Waals surface area contributed by atoms with Gasteiger partial charge in [-0.25, -0.2) is 0 Å². The van der Waals surface area contributed by atoms with E-state index in [4.69, 9.17) is 0 Å². The largest absolute Gasteiger partial charge is 0.313 e. The van der Waals surface area contributed by atoms with Crippen LogP contribution in [0, 0.1) is 6.92 Å². The lowest BCUT2D eigenvalue weighted by molar-refractivity contribution is 0.479. The third-order valence-electron chi connectivity index (χ3n) is 4.45. The van der Waals surface area contributed by atoms with Gasteiger partial charge in [0.25, 0.3) is 0 Å². The fraction of sp³-hybridized carbons (Fsp3) is 0.500. The molecular formula is C18H24N2. The second-order valence-electron chi connectivity index (χ2n) is 6.00. The van der Waals surface area contributed by atoms with E-state index in [1.165, 1.54) is 36.6 Å². The molecule has 1 saturated carbocycles. The highest BCUT2D eigenvalue weighted by molar-refractivity contribution is 5.79. The summed E-state index contributed by atoms with van der Waals surface area (Å²) >= 11 is 0. The van der Waals surface area contributed by atoms with Gasteiger partial charge in [0.1, 0.15) is 0 Å².